The number of aromatic nitrogens is 1. The van der Waals surface area contributed by atoms with Gasteiger partial charge >= 0.3 is 0 Å². The molecule has 1 atom stereocenters. The van der Waals surface area contributed by atoms with Crippen LogP contribution in [0.1, 0.15) is 41.6 Å². The highest BCUT2D eigenvalue weighted by molar-refractivity contribution is 5.40. The zero-order valence-electron chi connectivity index (χ0n) is 12.3. The predicted molar refractivity (Wildman–Crippen MR) is 80.2 cm³/mol. The zero-order valence-corrected chi connectivity index (χ0v) is 12.3. The highest BCUT2D eigenvalue weighted by Gasteiger charge is 2.17. The summed E-state index contributed by atoms with van der Waals surface area (Å²) < 4.78 is 13.5. The molecule has 2 rings (SSSR count). The average Bonchev–Trinajstić information content (AvgIpc) is 2.44. The number of aryl methyl sites for hydroxylation is 1. The van der Waals surface area contributed by atoms with Gasteiger partial charge in [0.25, 0.3) is 0 Å². The summed E-state index contributed by atoms with van der Waals surface area (Å²) in [6.45, 7) is 7.21. The normalized spacial score (nSPS) is 12.4. The van der Waals surface area contributed by atoms with Crippen LogP contribution in [0, 0.1) is 19.7 Å². The highest BCUT2D eigenvalue weighted by Crippen LogP contribution is 2.26. The number of nitrogens with one attached hydrogen (secondary N) is 1. The predicted octanol–water partition coefficient (Wildman–Crippen LogP) is 3.93. The maximum absolute atomic E-state index is 13.5. The minimum atomic E-state index is -0.295. The molecule has 106 valence electrons. The monoisotopic (exact) mass is 272 g/mol. The van der Waals surface area contributed by atoms with E-state index < -0.39 is 0 Å². The Bertz CT molecular complexity index is 581. The van der Waals surface area contributed by atoms with Crippen molar-refractivity contribution in [1.29, 1.82) is 0 Å². The van der Waals surface area contributed by atoms with Gasteiger partial charge < -0.3 is 5.32 Å². The van der Waals surface area contributed by atoms with Gasteiger partial charge in [0.2, 0.25) is 0 Å². The summed E-state index contributed by atoms with van der Waals surface area (Å²) >= 11 is 0. The van der Waals surface area contributed by atoms with E-state index in [1.54, 1.807) is 12.3 Å². The number of halogens is 1. The van der Waals surface area contributed by atoms with Crippen molar-refractivity contribution in [3.63, 3.8) is 0 Å². The Kier molecular flexibility index (Phi) is 4.85. The van der Waals surface area contributed by atoms with E-state index in [0.29, 0.717) is 0 Å². The lowest BCUT2D eigenvalue weighted by atomic mass is 9.93. The van der Waals surface area contributed by atoms with Crippen LogP contribution in [-0.2, 0) is 0 Å². The maximum Gasteiger partial charge on any atom is 0.141 e. The Morgan fingerprint density at radius 2 is 2.05 bits per heavy atom. The summed E-state index contributed by atoms with van der Waals surface area (Å²) in [6, 6.07) is 7.78. The summed E-state index contributed by atoms with van der Waals surface area (Å²) in [5.41, 5.74) is 4.54. The third-order valence-electron chi connectivity index (χ3n) is 3.62. The van der Waals surface area contributed by atoms with E-state index in [0.717, 1.165) is 18.5 Å². The van der Waals surface area contributed by atoms with Crippen LogP contribution >= 0.6 is 0 Å². The molecule has 0 amide bonds. The van der Waals surface area contributed by atoms with Gasteiger partial charge in [-0.25, -0.2) is 4.39 Å². The Labute approximate surface area is 120 Å². The number of hydrogen-bond acceptors (Lipinski definition) is 2. The molecule has 2 nitrogen and oxygen atoms in total. The molecule has 1 aromatic carbocycles. The number of pyridine rings is 1. The first-order valence-electron chi connectivity index (χ1n) is 7.03. The van der Waals surface area contributed by atoms with Crippen molar-refractivity contribution in [2.24, 2.45) is 0 Å². The molecule has 20 heavy (non-hydrogen) atoms. The second-order valence-corrected chi connectivity index (χ2v) is 5.11. The Hall–Kier alpha value is -1.74. The van der Waals surface area contributed by atoms with Gasteiger partial charge in [-0.05, 0) is 55.1 Å². The molecule has 0 aliphatic carbocycles. The molecule has 3 heteroatoms. The van der Waals surface area contributed by atoms with Crippen molar-refractivity contribution < 1.29 is 4.39 Å². The van der Waals surface area contributed by atoms with Crippen molar-refractivity contribution in [3.05, 3.63) is 64.7 Å². The fourth-order valence-electron chi connectivity index (χ4n) is 2.37. The molecule has 1 aromatic heterocycles. The van der Waals surface area contributed by atoms with Crippen LogP contribution in [-0.4, -0.2) is 11.5 Å². The fourth-order valence-corrected chi connectivity index (χ4v) is 2.37. The first-order valence-corrected chi connectivity index (χ1v) is 7.03. The van der Waals surface area contributed by atoms with Crippen molar-refractivity contribution in [2.75, 3.05) is 6.54 Å². The number of hydrogen-bond donors (Lipinski definition) is 1. The van der Waals surface area contributed by atoms with E-state index >= 15 is 0 Å². The van der Waals surface area contributed by atoms with E-state index in [1.165, 1.54) is 22.9 Å². The molecule has 0 radical (unpaired) electrons. The fraction of sp³-hybridized carbons (Fsp3) is 0.353. The minimum absolute atomic E-state index is 0.0157. The van der Waals surface area contributed by atoms with Crippen molar-refractivity contribution >= 4 is 0 Å². The molecule has 1 N–H and O–H groups in total. The van der Waals surface area contributed by atoms with E-state index in [4.69, 9.17) is 0 Å². The van der Waals surface area contributed by atoms with Crippen LogP contribution < -0.4 is 5.32 Å². The van der Waals surface area contributed by atoms with E-state index in [9.17, 15) is 4.39 Å². The molecule has 0 aliphatic heterocycles. The van der Waals surface area contributed by atoms with E-state index in [-0.39, 0.29) is 11.9 Å². The van der Waals surface area contributed by atoms with Gasteiger partial charge in [0.1, 0.15) is 5.82 Å². The van der Waals surface area contributed by atoms with Gasteiger partial charge in [-0.15, -0.1) is 0 Å². The second-order valence-electron chi connectivity index (χ2n) is 5.11. The lowest BCUT2D eigenvalue weighted by molar-refractivity contribution is 0.578. The minimum Gasteiger partial charge on any atom is -0.306 e. The summed E-state index contributed by atoms with van der Waals surface area (Å²) in [7, 11) is 0. The summed E-state index contributed by atoms with van der Waals surface area (Å²) in [6.07, 6.45) is 4.01. The molecule has 0 bridgehead atoms. The van der Waals surface area contributed by atoms with Crippen LogP contribution in [0.3, 0.4) is 0 Å². The lowest BCUT2D eigenvalue weighted by Gasteiger charge is -2.22. The molecule has 2 aromatic rings. The van der Waals surface area contributed by atoms with Crippen LogP contribution in [0.2, 0.25) is 0 Å². The molecule has 0 saturated heterocycles. The smallest absolute Gasteiger partial charge is 0.141 e. The molecule has 1 unspecified atom stereocenters. The van der Waals surface area contributed by atoms with Gasteiger partial charge in [0.15, 0.2) is 0 Å². The van der Waals surface area contributed by atoms with Gasteiger partial charge in [0.05, 0.1) is 12.2 Å². The zero-order chi connectivity index (χ0) is 14.5. The molecule has 0 saturated carbocycles. The SMILES string of the molecule is CCCNC(c1cncc(F)c1)c1cccc(C)c1C. The molecular weight excluding hydrogens is 251 g/mol. The Morgan fingerprint density at radius 1 is 1.25 bits per heavy atom. The maximum atomic E-state index is 13.5. The van der Waals surface area contributed by atoms with Crippen LogP contribution in [0.15, 0.2) is 36.7 Å². The van der Waals surface area contributed by atoms with Gasteiger partial charge in [-0.2, -0.15) is 0 Å². The van der Waals surface area contributed by atoms with E-state index in [1.807, 2.05) is 6.07 Å². The Balaban J connectivity index is 2.44. The third kappa shape index (κ3) is 3.23. The number of rotatable bonds is 5. The summed E-state index contributed by atoms with van der Waals surface area (Å²) in [4.78, 5) is 3.98. The summed E-state index contributed by atoms with van der Waals surface area (Å²) in [5, 5.41) is 3.49. The first kappa shape index (κ1) is 14.7. The average molecular weight is 272 g/mol. The largest absolute Gasteiger partial charge is 0.306 e. The standard InChI is InChI=1S/C17H21FN2/c1-4-8-20-17(14-9-15(18)11-19-10-14)16-7-5-6-12(2)13(16)3/h5-7,9-11,17,20H,4,8H2,1-3H3. The van der Waals surface area contributed by atoms with Crippen molar-refractivity contribution in [3.8, 4) is 0 Å². The van der Waals surface area contributed by atoms with Crippen molar-refractivity contribution in [2.45, 2.75) is 33.2 Å². The topological polar surface area (TPSA) is 24.9 Å². The van der Waals surface area contributed by atoms with E-state index in [2.05, 4.69) is 43.2 Å². The molecule has 0 fully saturated rings. The summed E-state index contributed by atoms with van der Waals surface area (Å²) in [5.74, 6) is -0.295. The number of benzene rings is 1. The molecular formula is C17H21FN2. The highest BCUT2D eigenvalue weighted by atomic mass is 19.1. The Morgan fingerprint density at radius 3 is 2.75 bits per heavy atom. The second kappa shape index (κ2) is 6.62. The van der Waals surface area contributed by atoms with Gasteiger partial charge in [0, 0.05) is 6.20 Å². The number of nitrogens with zero attached hydrogens (tertiary/aromatic N) is 1. The lowest BCUT2D eigenvalue weighted by Crippen LogP contribution is -2.24. The van der Waals surface area contributed by atoms with Crippen molar-refractivity contribution in [1.82, 2.24) is 10.3 Å². The van der Waals surface area contributed by atoms with Crippen LogP contribution in [0.4, 0.5) is 4.39 Å². The third-order valence-corrected chi connectivity index (χ3v) is 3.62. The molecule has 0 spiro atoms. The van der Waals surface area contributed by atoms with Crippen LogP contribution in [0.5, 0.6) is 0 Å². The first-order chi connectivity index (χ1) is 9.63. The molecule has 0 aliphatic rings. The van der Waals surface area contributed by atoms with Gasteiger partial charge in [-0.3, -0.25) is 4.98 Å². The van der Waals surface area contributed by atoms with Crippen LogP contribution in [0.25, 0.3) is 0 Å². The van der Waals surface area contributed by atoms with Gasteiger partial charge in [-0.1, -0.05) is 25.1 Å². The molecule has 1 heterocycles. The quantitative estimate of drug-likeness (QED) is 0.892.